The zero-order valence-corrected chi connectivity index (χ0v) is 10.8. The molecule has 7 heteroatoms. The van der Waals surface area contributed by atoms with Crippen molar-refractivity contribution in [1.82, 2.24) is 4.98 Å². The largest absolute Gasteiger partial charge is 0.482 e. The van der Waals surface area contributed by atoms with Crippen molar-refractivity contribution >= 4 is 23.2 Å². The summed E-state index contributed by atoms with van der Waals surface area (Å²) in [6, 6.07) is 6.11. The van der Waals surface area contributed by atoms with Gasteiger partial charge in [0.25, 0.3) is 11.8 Å². The van der Waals surface area contributed by atoms with E-state index in [0.717, 1.165) is 0 Å². The maximum atomic E-state index is 12.0. The predicted molar refractivity (Wildman–Crippen MR) is 75.6 cm³/mol. The average Bonchev–Trinajstić information content (AvgIpc) is 2.47. The molecule has 7 nitrogen and oxygen atoms in total. The van der Waals surface area contributed by atoms with Crippen LogP contribution >= 0.6 is 0 Å². The number of hydrogen-bond donors (Lipinski definition) is 3. The van der Waals surface area contributed by atoms with Crippen molar-refractivity contribution in [2.45, 2.75) is 0 Å². The molecule has 0 saturated heterocycles. The molecular weight excluding hydrogens is 274 g/mol. The molecule has 0 aliphatic carbocycles. The van der Waals surface area contributed by atoms with E-state index in [9.17, 15) is 14.4 Å². The van der Waals surface area contributed by atoms with Crippen molar-refractivity contribution in [3.63, 3.8) is 0 Å². The Bertz CT molecular complexity index is 782. The number of hydrogen-bond acceptors (Lipinski definition) is 4. The van der Waals surface area contributed by atoms with Crippen LogP contribution in [0, 0.1) is 0 Å². The number of H-pyrrole nitrogens is 1. The number of pyridine rings is 1. The van der Waals surface area contributed by atoms with Crippen LogP contribution in [0.15, 0.2) is 41.5 Å². The number of rotatable bonds is 2. The maximum absolute atomic E-state index is 12.0. The molecule has 2 amide bonds. The lowest BCUT2D eigenvalue weighted by atomic mass is 10.2. The van der Waals surface area contributed by atoms with Crippen molar-refractivity contribution in [1.29, 1.82) is 0 Å². The van der Waals surface area contributed by atoms with Crippen molar-refractivity contribution in [2.24, 2.45) is 0 Å². The van der Waals surface area contributed by atoms with E-state index in [1.165, 1.54) is 18.5 Å². The van der Waals surface area contributed by atoms with Gasteiger partial charge in [0.2, 0.25) is 0 Å². The summed E-state index contributed by atoms with van der Waals surface area (Å²) in [7, 11) is 0. The van der Waals surface area contributed by atoms with E-state index in [-0.39, 0.29) is 23.5 Å². The molecule has 0 unspecified atom stereocenters. The normalized spacial score (nSPS) is 12.9. The van der Waals surface area contributed by atoms with Crippen LogP contribution in [0.5, 0.6) is 5.75 Å². The second kappa shape index (κ2) is 5.12. The third-order valence-corrected chi connectivity index (χ3v) is 2.94. The number of benzene rings is 1. The molecule has 2 heterocycles. The van der Waals surface area contributed by atoms with E-state index in [2.05, 4.69) is 15.6 Å². The molecule has 2 aromatic rings. The molecule has 1 aliphatic heterocycles. The van der Waals surface area contributed by atoms with Gasteiger partial charge in [0.1, 0.15) is 11.3 Å². The lowest BCUT2D eigenvalue weighted by Gasteiger charge is -2.18. The lowest BCUT2D eigenvalue weighted by molar-refractivity contribution is -0.118. The van der Waals surface area contributed by atoms with Gasteiger partial charge in [-0.25, -0.2) is 0 Å². The topological polar surface area (TPSA) is 100 Å². The molecule has 3 rings (SSSR count). The van der Waals surface area contributed by atoms with Crippen molar-refractivity contribution in [3.05, 3.63) is 52.4 Å². The van der Waals surface area contributed by atoms with Crippen LogP contribution in [0.4, 0.5) is 11.4 Å². The summed E-state index contributed by atoms with van der Waals surface area (Å²) in [4.78, 5) is 37.5. The zero-order chi connectivity index (χ0) is 14.8. The standard InChI is InChI=1S/C14H11N3O4/c18-11-3-4-15-6-9(11)14(20)16-8-1-2-12-10(5-8)17-13(19)7-21-12/h1-6H,7H2,(H,15,18)(H,16,20)(H,17,19). The highest BCUT2D eigenvalue weighted by Crippen LogP contribution is 2.30. The summed E-state index contributed by atoms with van der Waals surface area (Å²) >= 11 is 0. The molecule has 0 radical (unpaired) electrons. The number of aromatic nitrogens is 1. The Morgan fingerprint density at radius 1 is 1.24 bits per heavy atom. The molecule has 1 aromatic heterocycles. The first kappa shape index (κ1) is 12.9. The van der Waals surface area contributed by atoms with Gasteiger partial charge in [-0.3, -0.25) is 14.4 Å². The van der Waals surface area contributed by atoms with Gasteiger partial charge in [-0.2, -0.15) is 0 Å². The average molecular weight is 285 g/mol. The number of nitrogens with one attached hydrogen (secondary N) is 3. The Labute approximate surface area is 118 Å². The molecule has 1 aromatic carbocycles. The first-order valence-corrected chi connectivity index (χ1v) is 6.18. The zero-order valence-electron chi connectivity index (χ0n) is 10.8. The van der Waals surface area contributed by atoms with E-state index in [1.54, 1.807) is 18.2 Å². The van der Waals surface area contributed by atoms with Gasteiger partial charge in [0, 0.05) is 24.1 Å². The fraction of sp³-hybridized carbons (Fsp3) is 0.0714. The van der Waals surface area contributed by atoms with E-state index < -0.39 is 5.91 Å². The summed E-state index contributed by atoms with van der Waals surface area (Å²) in [6.07, 6.45) is 2.78. The minimum atomic E-state index is -0.528. The number of amides is 2. The molecular formula is C14H11N3O4. The monoisotopic (exact) mass is 285 g/mol. The number of ether oxygens (including phenoxy) is 1. The van der Waals surface area contributed by atoms with Crippen LogP contribution < -0.4 is 20.8 Å². The van der Waals surface area contributed by atoms with E-state index in [0.29, 0.717) is 17.1 Å². The Hall–Kier alpha value is -3.09. The van der Waals surface area contributed by atoms with E-state index in [4.69, 9.17) is 4.74 Å². The molecule has 0 saturated carbocycles. The quantitative estimate of drug-likeness (QED) is 0.765. The molecule has 0 bridgehead atoms. The molecule has 3 N–H and O–H groups in total. The third kappa shape index (κ3) is 2.62. The highest BCUT2D eigenvalue weighted by Gasteiger charge is 2.17. The maximum Gasteiger partial charge on any atom is 0.262 e. The molecule has 21 heavy (non-hydrogen) atoms. The lowest BCUT2D eigenvalue weighted by Crippen LogP contribution is -2.25. The first-order chi connectivity index (χ1) is 10.1. The molecule has 0 spiro atoms. The third-order valence-electron chi connectivity index (χ3n) is 2.94. The smallest absolute Gasteiger partial charge is 0.262 e. The summed E-state index contributed by atoms with van der Waals surface area (Å²) < 4.78 is 5.22. The Balaban J connectivity index is 1.84. The fourth-order valence-electron chi connectivity index (χ4n) is 1.95. The van der Waals surface area contributed by atoms with Crippen LogP contribution in [0.2, 0.25) is 0 Å². The summed E-state index contributed by atoms with van der Waals surface area (Å²) in [5.41, 5.74) is 0.565. The molecule has 1 aliphatic rings. The second-order valence-corrected chi connectivity index (χ2v) is 4.42. The highest BCUT2D eigenvalue weighted by molar-refractivity contribution is 6.04. The van der Waals surface area contributed by atoms with Crippen LogP contribution in [0.3, 0.4) is 0 Å². The SMILES string of the molecule is O=C1COc2ccc(NC(=O)c3c[nH]ccc3=O)cc2N1. The Morgan fingerprint density at radius 2 is 2.10 bits per heavy atom. The Kier molecular flexibility index (Phi) is 3.15. The van der Waals surface area contributed by atoms with Gasteiger partial charge in [-0.1, -0.05) is 0 Å². The predicted octanol–water partition coefficient (Wildman–Crippen LogP) is 0.958. The molecule has 0 atom stereocenters. The summed E-state index contributed by atoms with van der Waals surface area (Å²) in [5.74, 6) is -0.254. The van der Waals surface area contributed by atoms with E-state index >= 15 is 0 Å². The fourth-order valence-corrected chi connectivity index (χ4v) is 1.95. The van der Waals surface area contributed by atoms with Crippen molar-refractivity contribution in [2.75, 3.05) is 17.2 Å². The van der Waals surface area contributed by atoms with Gasteiger partial charge in [0.05, 0.1) is 5.69 Å². The van der Waals surface area contributed by atoms with Crippen LogP contribution in [0.1, 0.15) is 10.4 Å². The minimum absolute atomic E-state index is 0.00973. The number of anilines is 2. The van der Waals surface area contributed by atoms with Gasteiger partial charge < -0.3 is 20.4 Å². The van der Waals surface area contributed by atoms with Crippen LogP contribution in [0.25, 0.3) is 0 Å². The molecule has 106 valence electrons. The van der Waals surface area contributed by atoms with Gasteiger partial charge in [0.15, 0.2) is 12.0 Å². The van der Waals surface area contributed by atoms with Gasteiger partial charge in [-0.15, -0.1) is 0 Å². The second-order valence-electron chi connectivity index (χ2n) is 4.42. The number of carbonyl (C=O) groups is 2. The minimum Gasteiger partial charge on any atom is -0.482 e. The summed E-state index contributed by atoms with van der Waals surface area (Å²) in [6.45, 7) is -0.0297. The molecule has 0 fully saturated rings. The highest BCUT2D eigenvalue weighted by atomic mass is 16.5. The number of carbonyl (C=O) groups excluding carboxylic acids is 2. The number of fused-ring (bicyclic) bond motifs is 1. The van der Waals surface area contributed by atoms with Gasteiger partial charge in [-0.05, 0) is 18.2 Å². The summed E-state index contributed by atoms with van der Waals surface area (Å²) in [5, 5.41) is 5.24. The van der Waals surface area contributed by atoms with Crippen molar-refractivity contribution in [3.8, 4) is 5.75 Å². The van der Waals surface area contributed by atoms with Crippen LogP contribution in [-0.2, 0) is 4.79 Å². The van der Waals surface area contributed by atoms with Gasteiger partial charge >= 0.3 is 0 Å². The van der Waals surface area contributed by atoms with E-state index in [1.807, 2.05) is 0 Å². The Morgan fingerprint density at radius 3 is 2.90 bits per heavy atom. The first-order valence-electron chi connectivity index (χ1n) is 6.18. The van der Waals surface area contributed by atoms with Crippen LogP contribution in [-0.4, -0.2) is 23.4 Å². The number of aromatic amines is 1. The van der Waals surface area contributed by atoms with Crippen molar-refractivity contribution < 1.29 is 14.3 Å².